The van der Waals surface area contributed by atoms with E-state index >= 15 is 0 Å². The summed E-state index contributed by atoms with van der Waals surface area (Å²) < 4.78 is 10.1. The van der Waals surface area contributed by atoms with Gasteiger partial charge in [0, 0.05) is 5.56 Å². The zero-order valence-corrected chi connectivity index (χ0v) is 10.2. The highest BCUT2D eigenvalue weighted by atomic mass is 16.5. The van der Waals surface area contributed by atoms with E-state index in [-0.39, 0.29) is 11.5 Å². The van der Waals surface area contributed by atoms with Crippen molar-refractivity contribution < 1.29 is 19.7 Å². The van der Waals surface area contributed by atoms with Crippen molar-refractivity contribution in [1.82, 2.24) is 0 Å². The Bertz CT molecular complexity index is 564. The van der Waals surface area contributed by atoms with Crippen LogP contribution in [0, 0.1) is 0 Å². The molecule has 2 aromatic carbocycles. The number of aromatic hydroxyl groups is 2. The Labute approximate surface area is 105 Å². The Morgan fingerprint density at radius 3 is 2.28 bits per heavy atom. The van der Waals surface area contributed by atoms with Gasteiger partial charge in [0.2, 0.25) is 0 Å². The molecule has 0 saturated heterocycles. The van der Waals surface area contributed by atoms with Gasteiger partial charge in [0.05, 0.1) is 14.2 Å². The molecule has 2 aromatic rings. The fourth-order valence-corrected chi connectivity index (χ4v) is 1.77. The van der Waals surface area contributed by atoms with Crippen molar-refractivity contribution in [2.75, 3.05) is 14.2 Å². The first-order valence-electron chi connectivity index (χ1n) is 5.40. The first kappa shape index (κ1) is 12.1. The lowest BCUT2D eigenvalue weighted by atomic mass is 10.0. The maximum Gasteiger partial charge on any atom is 0.165 e. The number of methoxy groups -OCH3 is 2. The number of hydrogen-bond donors (Lipinski definition) is 2. The molecule has 0 aromatic heterocycles. The second-order valence-electron chi connectivity index (χ2n) is 3.74. The molecule has 0 amide bonds. The number of phenolic OH excluding ortho intramolecular Hbond substituents is 2. The van der Waals surface area contributed by atoms with Crippen LogP contribution in [0.25, 0.3) is 11.1 Å². The Hall–Kier alpha value is -2.36. The number of rotatable bonds is 3. The van der Waals surface area contributed by atoms with Crippen molar-refractivity contribution in [1.29, 1.82) is 0 Å². The molecule has 0 aliphatic heterocycles. The summed E-state index contributed by atoms with van der Waals surface area (Å²) in [5.41, 5.74) is 1.36. The Balaban J connectivity index is 2.55. The molecule has 2 rings (SSSR count). The Morgan fingerprint density at radius 1 is 0.889 bits per heavy atom. The van der Waals surface area contributed by atoms with Gasteiger partial charge in [0.25, 0.3) is 0 Å². The fraction of sp³-hybridized carbons (Fsp3) is 0.143. The maximum atomic E-state index is 10.0. The molecule has 0 aliphatic rings. The third kappa shape index (κ3) is 2.05. The summed E-state index contributed by atoms with van der Waals surface area (Å²) in [5.74, 6) is 0.880. The number of phenols is 2. The Kier molecular flexibility index (Phi) is 3.28. The summed E-state index contributed by atoms with van der Waals surface area (Å²) in [4.78, 5) is 0. The molecule has 0 spiro atoms. The van der Waals surface area contributed by atoms with Gasteiger partial charge in [-0.15, -0.1) is 0 Å². The monoisotopic (exact) mass is 246 g/mol. The van der Waals surface area contributed by atoms with E-state index < -0.39 is 0 Å². The topological polar surface area (TPSA) is 58.9 Å². The van der Waals surface area contributed by atoms with Gasteiger partial charge in [-0.05, 0) is 23.8 Å². The van der Waals surface area contributed by atoms with E-state index in [4.69, 9.17) is 9.47 Å². The second kappa shape index (κ2) is 4.87. The van der Waals surface area contributed by atoms with Gasteiger partial charge in [-0.1, -0.05) is 18.2 Å². The van der Waals surface area contributed by atoms with Crippen LogP contribution in [0.1, 0.15) is 0 Å². The highest BCUT2D eigenvalue weighted by molar-refractivity contribution is 5.75. The van der Waals surface area contributed by atoms with E-state index in [1.165, 1.54) is 20.3 Å². The molecule has 0 saturated carbocycles. The zero-order valence-electron chi connectivity index (χ0n) is 10.2. The summed E-state index contributed by atoms with van der Waals surface area (Å²) in [7, 11) is 2.97. The van der Waals surface area contributed by atoms with Crippen molar-refractivity contribution in [3.63, 3.8) is 0 Å². The number of para-hydroxylation sites is 1. The van der Waals surface area contributed by atoms with Crippen molar-refractivity contribution in [2.24, 2.45) is 0 Å². The van der Waals surface area contributed by atoms with Crippen LogP contribution in [0.5, 0.6) is 23.0 Å². The highest BCUT2D eigenvalue weighted by Gasteiger charge is 2.11. The molecule has 0 radical (unpaired) electrons. The molecule has 0 aliphatic carbocycles. The van der Waals surface area contributed by atoms with Crippen LogP contribution < -0.4 is 9.47 Å². The zero-order chi connectivity index (χ0) is 13.1. The van der Waals surface area contributed by atoms with E-state index in [0.717, 1.165) is 5.56 Å². The van der Waals surface area contributed by atoms with E-state index in [1.807, 2.05) is 0 Å². The lowest BCUT2D eigenvalue weighted by molar-refractivity contribution is 0.372. The van der Waals surface area contributed by atoms with Gasteiger partial charge in [0.15, 0.2) is 23.0 Å². The smallest absolute Gasteiger partial charge is 0.165 e. The standard InChI is InChI=1S/C14H14O4/c1-17-12-5-3-4-10(14(12)16)9-6-7-11(15)13(8-9)18-2/h3-8,15-16H,1-2H3. The molecule has 0 unspecified atom stereocenters. The molecule has 0 bridgehead atoms. The molecule has 4 heteroatoms. The third-order valence-electron chi connectivity index (χ3n) is 2.71. The molecule has 94 valence electrons. The predicted octanol–water partition coefficient (Wildman–Crippen LogP) is 2.78. The van der Waals surface area contributed by atoms with Crippen molar-refractivity contribution in [2.45, 2.75) is 0 Å². The second-order valence-corrected chi connectivity index (χ2v) is 3.74. The lowest BCUT2D eigenvalue weighted by Gasteiger charge is -2.10. The highest BCUT2D eigenvalue weighted by Crippen LogP contribution is 2.39. The maximum absolute atomic E-state index is 10.0. The normalized spacial score (nSPS) is 10.1. The summed E-state index contributed by atoms with van der Waals surface area (Å²) in [6.45, 7) is 0. The quantitative estimate of drug-likeness (QED) is 0.874. The minimum Gasteiger partial charge on any atom is -0.504 e. The fourth-order valence-electron chi connectivity index (χ4n) is 1.77. The van der Waals surface area contributed by atoms with Crippen LogP contribution >= 0.6 is 0 Å². The number of hydrogen-bond acceptors (Lipinski definition) is 4. The van der Waals surface area contributed by atoms with Crippen LogP contribution in [0.3, 0.4) is 0 Å². The molecule has 0 heterocycles. The van der Waals surface area contributed by atoms with Gasteiger partial charge >= 0.3 is 0 Å². The molecule has 2 N–H and O–H groups in total. The van der Waals surface area contributed by atoms with Gasteiger partial charge in [-0.3, -0.25) is 0 Å². The SMILES string of the molecule is COc1cc(-c2cccc(OC)c2O)ccc1O. The van der Waals surface area contributed by atoms with Gasteiger partial charge in [0.1, 0.15) is 0 Å². The van der Waals surface area contributed by atoms with Crippen LogP contribution in [0.15, 0.2) is 36.4 Å². The van der Waals surface area contributed by atoms with Gasteiger partial charge in [-0.25, -0.2) is 0 Å². The van der Waals surface area contributed by atoms with Crippen molar-refractivity contribution >= 4 is 0 Å². The van der Waals surface area contributed by atoms with Gasteiger partial charge in [-0.2, -0.15) is 0 Å². The number of benzene rings is 2. The average Bonchev–Trinajstić information content (AvgIpc) is 2.40. The van der Waals surface area contributed by atoms with Crippen LogP contribution in [-0.2, 0) is 0 Å². The summed E-state index contributed by atoms with van der Waals surface area (Å²) >= 11 is 0. The molecular formula is C14H14O4. The predicted molar refractivity (Wildman–Crippen MR) is 68.3 cm³/mol. The minimum absolute atomic E-state index is 0.0589. The molecule has 0 atom stereocenters. The van der Waals surface area contributed by atoms with E-state index in [1.54, 1.807) is 30.3 Å². The summed E-state index contributed by atoms with van der Waals surface area (Å²) in [6, 6.07) is 10.1. The van der Waals surface area contributed by atoms with E-state index in [0.29, 0.717) is 17.1 Å². The van der Waals surface area contributed by atoms with Crippen LogP contribution in [0.2, 0.25) is 0 Å². The van der Waals surface area contributed by atoms with Crippen molar-refractivity contribution in [3.8, 4) is 34.1 Å². The van der Waals surface area contributed by atoms with Gasteiger partial charge < -0.3 is 19.7 Å². The van der Waals surface area contributed by atoms with Crippen LogP contribution in [0.4, 0.5) is 0 Å². The third-order valence-corrected chi connectivity index (χ3v) is 2.71. The largest absolute Gasteiger partial charge is 0.504 e. The molecule has 0 fully saturated rings. The first-order chi connectivity index (χ1) is 8.67. The Morgan fingerprint density at radius 2 is 1.61 bits per heavy atom. The first-order valence-corrected chi connectivity index (χ1v) is 5.40. The van der Waals surface area contributed by atoms with Crippen LogP contribution in [-0.4, -0.2) is 24.4 Å². The molecular weight excluding hydrogens is 232 g/mol. The minimum atomic E-state index is 0.0589. The molecule has 18 heavy (non-hydrogen) atoms. The molecule has 4 nitrogen and oxygen atoms in total. The lowest BCUT2D eigenvalue weighted by Crippen LogP contribution is -1.88. The van der Waals surface area contributed by atoms with E-state index in [9.17, 15) is 10.2 Å². The number of ether oxygens (including phenoxy) is 2. The average molecular weight is 246 g/mol. The van der Waals surface area contributed by atoms with E-state index in [2.05, 4.69) is 0 Å². The van der Waals surface area contributed by atoms with Crippen molar-refractivity contribution in [3.05, 3.63) is 36.4 Å². The summed E-state index contributed by atoms with van der Waals surface area (Å²) in [5, 5.41) is 19.6. The summed E-state index contributed by atoms with van der Waals surface area (Å²) in [6.07, 6.45) is 0.